The summed E-state index contributed by atoms with van der Waals surface area (Å²) >= 11 is 0. The highest BCUT2D eigenvalue weighted by Gasteiger charge is 2.27. The van der Waals surface area contributed by atoms with Crippen LogP contribution < -0.4 is 5.32 Å². The third kappa shape index (κ3) is 3.96. The summed E-state index contributed by atoms with van der Waals surface area (Å²) in [5.41, 5.74) is 0. The van der Waals surface area contributed by atoms with E-state index in [0.717, 1.165) is 12.3 Å². The fourth-order valence-corrected chi connectivity index (χ4v) is 3.50. The van der Waals surface area contributed by atoms with Crippen molar-refractivity contribution in [2.45, 2.75) is 89.3 Å². The first-order chi connectivity index (χ1) is 8.27. The second kappa shape index (κ2) is 6.75. The minimum absolute atomic E-state index is 0.104. The number of hydrogen-bond acceptors (Lipinski definition) is 2. The Balaban J connectivity index is 1.88. The van der Waals surface area contributed by atoms with E-state index in [0.29, 0.717) is 12.1 Å². The van der Waals surface area contributed by atoms with Crippen LogP contribution in [0.5, 0.6) is 0 Å². The predicted molar refractivity (Wildman–Crippen MR) is 72.1 cm³/mol. The molecular formula is C15H29NO. The van der Waals surface area contributed by atoms with Gasteiger partial charge in [0.25, 0.3) is 0 Å². The maximum absolute atomic E-state index is 10.2. The highest BCUT2D eigenvalue weighted by Crippen LogP contribution is 2.25. The molecule has 4 unspecified atom stereocenters. The molecule has 0 saturated heterocycles. The van der Waals surface area contributed by atoms with Crippen molar-refractivity contribution in [2.24, 2.45) is 5.92 Å². The van der Waals surface area contributed by atoms with Gasteiger partial charge >= 0.3 is 0 Å². The Morgan fingerprint density at radius 3 is 2.12 bits per heavy atom. The van der Waals surface area contributed by atoms with Crippen LogP contribution in [0.25, 0.3) is 0 Å². The number of hydrogen-bond donors (Lipinski definition) is 2. The summed E-state index contributed by atoms with van der Waals surface area (Å²) in [5, 5.41) is 14.0. The lowest BCUT2D eigenvalue weighted by Crippen LogP contribution is -2.47. The molecule has 2 heteroatoms. The monoisotopic (exact) mass is 239 g/mol. The van der Waals surface area contributed by atoms with Gasteiger partial charge in [-0.05, 0) is 31.6 Å². The van der Waals surface area contributed by atoms with E-state index in [-0.39, 0.29) is 6.10 Å². The molecular weight excluding hydrogens is 210 g/mol. The molecule has 0 aromatic heterocycles. The van der Waals surface area contributed by atoms with Gasteiger partial charge < -0.3 is 10.4 Å². The van der Waals surface area contributed by atoms with Crippen LogP contribution in [-0.2, 0) is 0 Å². The Kier molecular flexibility index (Phi) is 5.30. The summed E-state index contributed by atoms with van der Waals surface area (Å²) < 4.78 is 0. The average molecular weight is 239 g/mol. The Labute approximate surface area is 106 Å². The van der Waals surface area contributed by atoms with Crippen molar-refractivity contribution in [3.8, 4) is 0 Å². The summed E-state index contributed by atoms with van der Waals surface area (Å²) in [4.78, 5) is 0. The molecule has 0 amide bonds. The minimum atomic E-state index is -0.104. The molecule has 2 N–H and O–H groups in total. The van der Waals surface area contributed by atoms with Gasteiger partial charge in [-0.15, -0.1) is 0 Å². The van der Waals surface area contributed by atoms with E-state index >= 15 is 0 Å². The van der Waals surface area contributed by atoms with Crippen LogP contribution in [0.15, 0.2) is 0 Å². The van der Waals surface area contributed by atoms with Crippen molar-refractivity contribution in [2.75, 3.05) is 0 Å². The van der Waals surface area contributed by atoms with E-state index in [2.05, 4.69) is 12.2 Å². The van der Waals surface area contributed by atoms with E-state index in [1.54, 1.807) is 0 Å². The zero-order chi connectivity index (χ0) is 12.1. The molecule has 0 radical (unpaired) electrons. The zero-order valence-electron chi connectivity index (χ0n) is 11.3. The molecule has 17 heavy (non-hydrogen) atoms. The third-order valence-corrected chi connectivity index (χ3v) is 4.77. The maximum Gasteiger partial charge on any atom is 0.0693 e. The van der Waals surface area contributed by atoms with Gasteiger partial charge in [-0.1, -0.05) is 45.4 Å². The lowest BCUT2D eigenvalue weighted by molar-refractivity contribution is 0.107. The smallest absolute Gasteiger partial charge is 0.0693 e. The van der Waals surface area contributed by atoms with Gasteiger partial charge in [0.2, 0.25) is 0 Å². The van der Waals surface area contributed by atoms with Gasteiger partial charge in [-0.3, -0.25) is 0 Å². The second-order valence-corrected chi connectivity index (χ2v) is 6.20. The van der Waals surface area contributed by atoms with Gasteiger partial charge in [-0.2, -0.15) is 0 Å². The SMILES string of the molecule is CC1CCCCCC1NC1CCCCCC1O. The van der Waals surface area contributed by atoms with E-state index in [9.17, 15) is 5.11 Å². The van der Waals surface area contributed by atoms with E-state index in [4.69, 9.17) is 0 Å². The Morgan fingerprint density at radius 2 is 1.35 bits per heavy atom. The molecule has 100 valence electrons. The van der Waals surface area contributed by atoms with Crippen molar-refractivity contribution in [1.82, 2.24) is 5.32 Å². The Bertz CT molecular complexity index is 197. The minimum Gasteiger partial charge on any atom is -0.392 e. The van der Waals surface area contributed by atoms with Gasteiger partial charge in [0.05, 0.1) is 6.10 Å². The quantitative estimate of drug-likeness (QED) is 0.725. The molecule has 0 aliphatic heterocycles. The van der Waals surface area contributed by atoms with Crippen molar-refractivity contribution in [3.05, 3.63) is 0 Å². The lowest BCUT2D eigenvalue weighted by atomic mass is 9.94. The molecule has 2 rings (SSSR count). The number of rotatable bonds is 2. The maximum atomic E-state index is 10.2. The molecule has 2 saturated carbocycles. The van der Waals surface area contributed by atoms with E-state index in [1.165, 1.54) is 57.8 Å². The molecule has 2 aliphatic rings. The number of aliphatic hydroxyl groups excluding tert-OH is 1. The van der Waals surface area contributed by atoms with E-state index < -0.39 is 0 Å². The second-order valence-electron chi connectivity index (χ2n) is 6.20. The molecule has 2 fully saturated rings. The summed E-state index contributed by atoms with van der Waals surface area (Å²) in [5.74, 6) is 0.785. The summed E-state index contributed by atoms with van der Waals surface area (Å²) in [7, 11) is 0. The van der Waals surface area contributed by atoms with Crippen LogP contribution in [0.4, 0.5) is 0 Å². The molecule has 2 nitrogen and oxygen atoms in total. The highest BCUT2D eigenvalue weighted by molar-refractivity contribution is 4.85. The standard InChI is InChI=1S/C15H29NO/c1-12-8-4-2-5-9-13(12)16-14-10-6-3-7-11-15(14)17/h12-17H,2-11H2,1H3. The lowest BCUT2D eigenvalue weighted by Gasteiger charge is -2.30. The molecule has 0 aromatic rings. The average Bonchev–Trinajstić information content (AvgIpc) is 2.63. The van der Waals surface area contributed by atoms with Crippen LogP contribution in [0.3, 0.4) is 0 Å². The first-order valence-corrected chi connectivity index (χ1v) is 7.71. The third-order valence-electron chi connectivity index (χ3n) is 4.77. The largest absolute Gasteiger partial charge is 0.392 e. The molecule has 4 atom stereocenters. The van der Waals surface area contributed by atoms with Crippen molar-refractivity contribution < 1.29 is 5.11 Å². The predicted octanol–water partition coefficient (Wildman–Crippen LogP) is 3.24. The number of nitrogens with one attached hydrogen (secondary N) is 1. The summed E-state index contributed by atoms with van der Waals surface area (Å²) in [6, 6.07) is 1.01. The Hall–Kier alpha value is -0.0800. The van der Waals surface area contributed by atoms with Crippen molar-refractivity contribution in [1.29, 1.82) is 0 Å². The zero-order valence-corrected chi connectivity index (χ0v) is 11.3. The van der Waals surface area contributed by atoms with Gasteiger partial charge in [-0.25, -0.2) is 0 Å². The van der Waals surface area contributed by atoms with Gasteiger partial charge in [0.15, 0.2) is 0 Å². The molecule has 2 aliphatic carbocycles. The van der Waals surface area contributed by atoms with Crippen LogP contribution in [0.1, 0.15) is 71.1 Å². The summed E-state index contributed by atoms with van der Waals surface area (Å²) in [6.07, 6.45) is 12.7. The number of aliphatic hydroxyl groups is 1. The van der Waals surface area contributed by atoms with Crippen LogP contribution >= 0.6 is 0 Å². The van der Waals surface area contributed by atoms with Crippen LogP contribution in [0.2, 0.25) is 0 Å². The van der Waals surface area contributed by atoms with Crippen LogP contribution in [0, 0.1) is 5.92 Å². The van der Waals surface area contributed by atoms with Crippen LogP contribution in [-0.4, -0.2) is 23.3 Å². The topological polar surface area (TPSA) is 32.3 Å². The normalized spacial score (nSPS) is 40.6. The highest BCUT2D eigenvalue weighted by atomic mass is 16.3. The molecule has 0 heterocycles. The molecule has 0 bridgehead atoms. The first-order valence-electron chi connectivity index (χ1n) is 7.71. The summed E-state index contributed by atoms with van der Waals surface area (Å²) in [6.45, 7) is 2.38. The molecule has 0 aromatic carbocycles. The fourth-order valence-electron chi connectivity index (χ4n) is 3.50. The first kappa shape index (κ1) is 13.4. The van der Waals surface area contributed by atoms with Gasteiger partial charge in [0.1, 0.15) is 0 Å². The van der Waals surface area contributed by atoms with Gasteiger partial charge in [0, 0.05) is 12.1 Å². The van der Waals surface area contributed by atoms with Crippen molar-refractivity contribution >= 4 is 0 Å². The Morgan fingerprint density at radius 1 is 0.765 bits per heavy atom. The molecule has 0 spiro atoms. The fraction of sp³-hybridized carbons (Fsp3) is 1.00. The van der Waals surface area contributed by atoms with Crippen molar-refractivity contribution in [3.63, 3.8) is 0 Å². The van der Waals surface area contributed by atoms with E-state index in [1.807, 2.05) is 0 Å².